The van der Waals surface area contributed by atoms with Gasteiger partial charge >= 0.3 is 0 Å². The molecule has 164 valence electrons. The number of nitrogens with zero attached hydrogens (tertiary/aromatic N) is 3. The number of aliphatic hydroxyl groups excluding tert-OH is 1. The Morgan fingerprint density at radius 1 is 1.16 bits per heavy atom. The zero-order valence-electron chi connectivity index (χ0n) is 18.1. The van der Waals surface area contributed by atoms with E-state index in [2.05, 4.69) is 20.3 Å². The van der Waals surface area contributed by atoms with Gasteiger partial charge in [0.15, 0.2) is 5.82 Å². The second-order valence-electron chi connectivity index (χ2n) is 8.56. The van der Waals surface area contributed by atoms with Gasteiger partial charge in [0, 0.05) is 29.3 Å². The number of benzene rings is 1. The molecule has 4 rings (SSSR count). The Morgan fingerprint density at radius 3 is 2.65 bits per heavy atom. The molecule has 0 amide bonds. The van der Waals surface area contributed by atoms with Gasteiger partial charge in [-0.3, -0.25) is 4.98 Å². The van der Waals surface area contributed by atoms with Crippen LogP contribution in [0.4, 0.5) is 10.3 Å². The third kappa shape index (κ3) is 4.11. The lowest BCUT2D eigenvalue weighted by molar-refractivity contribution is -0.0136. The molecule has 3 heterocycles. The van der Waals surface area contributed by atoms with E-state index in [1.165, 1.54) is 0 Å². The van der Waals surface area contributed by atoms with Crippen LogP contribution >= 0.6 is 0 Å². The topological polar surface area (TPSA) is 100 Å². The summed E-state index contributed by atoms with van der Waals surface area (Å²) in [6, 6.07) is 3.37. The highest BCUT2D eigenvalue weighted by Gasteiger charge is 2.25. The SMILES string of the molecule is Cc1c(-c2nc(N[C@@H]3CCOC[C@H]3O)ncc2F)ccc2ncc(C(C)(C)O)c(C)c12. The van der Waals surface area contributed by atoms with Crippen molar-refractivity contribution in [2.75, 3.05) is 18.5 Å². The lowest BCUT2D eigenvalue weighted by Crippen LogP contribution is -2.42. The first kappa shape index (κ1) is 21.5. The number of nitrogens with one attached hydrogen (secondary N) is 1. The minimum absolute atomic E-state index is 0.173. The summed E-state index contributed by atoms with van der Waals surface area (Å²) in [5.41, 5.74) is 2.96. The highest BCUT2D eigenvalue weighted by atomic mass is 19.1. The average molecular weight is 426 g/mol. The summed E-state index contributed by atoms with van der Waals surface area (Å²) in [6.45, 7) is 8.04. The number of aromatic nitrogens is 3. The summed E-state index contributed by atoms with van der Waals surface area (Å²) in [4.78, 5) is 13.0. The molecule has 2 atom stereocenters. The zero-order chi connectivity index (χ0) is 22.3. The van der Waals surface area contributed by atoms with Crippen molar-refractivity contribution in [3.05, 3.63) is 47.0 Å². The molecule has 1 saturated heterocycles. The molecule has 31 heavy (non-hydrogen) atoms. The first-order valence-electron chi connectivity index (χ1n) is 10.3. The number of anilines is 1. The summed E-state index contributed by atoms with van der Waals surface area (Å²) in [5, 5.41) is 24.6. The number of aliphatic hydroxyl groups is 2. The van der Waals surface area contributed by atoms with Gasteiger partial charge in [-0.2, -0.15) is 0 Å². The molecule has 1 fully saturated rings. The Kier molecular flexibility index (Phi) is 5.63. The largest absolute Gasteiger partial charge is 0.389 e. The predicted octanol–water partition coefficient (Wildman–Crippen LogP) is 3.24. The number of aryl methyl sites for hydroxylation is 2. The van der Waals surface area contributed by atoms with Gasteiger partial charge in [-0.1, -0.05) is 6.07 Å². The van der Waals surface area contributed by atoms with Gasteiger partial charge < -0.3 is 20.3 Å². The number of hydrogen-bond donors (Lipinski definition) is 3. The molecule has 3 aromatic rings. The molecule has 0 spiro atoms. The normalized spacial score (nSPS) is 19.6. The second-order valence-corrected chi connectivity index (χ2v) is 8.56. The van der Waals surface area contributed by atoms with Gasteiger partial charge in [0.2, 0.25) is 5.95 Å². The van der Waals surface area contributed by atoms with Crippen molar-refractivity contribution in [1.82, 2.24) is 15.0 Å². The molecule has 0 saturated carbocycles. The van der Waals surface area contributed by atoms with E-state index in [9.17, 15) is 14.6 Å². The molecule has 1 aromatic carbocycles. The Hall–Kier alpha value is -2.68. The monoisotopic (exact) mass is 426 g/mol. The third-order valence-electron chi connectivity index (χ3n) is 5.85. The van der Waals surface area contributed by atoms with Crippen molar-refractivity contribution in [3.63, 3.8) is 0 Å². The van der Waals surface area contributed by atoms with Gasteiger partial charge in [-0.15, -0.1) is 0 Å². The average Bonchev–Trinajstić information content (AvgIpc) is 2.71. The first-order chi connectivity index (χ1) is 14.7. The molecule has 3 N–H and O–H groups in total. The van der Waals surface area contributed by atoms with Gasteiger partial charge in [0.1, 0.15) is 5.69 Å². The number of ether oxygens (including phenoxy) is 1. The maximum Gasteiger partial charge on any atom is 0.223 e. The van der Waals surface area contributed by atoms with Crippen LogP contribution in [0.15, 0.2) is 24.5 Å². The lowest BCUT2D eigenvalue weighted by atomic mass is 9.90. The summed E-state index contributed by atoms with van der Waals surface area (Å²) >= 11 is 0. The molecule has 2 aromatic heterocycles. The number of hydrogen-bond acceptors (Lipinski definition) is 7. The van der Waals surface area contributed by atoms with Crippen molar-refractivity contribution in [2.45, 2.75) is 51.9 Å². The number of pyridine rings is 1. The first-order valence-corrected chi connectivity index (χ1v) is 10.3. The minimum Gasteiger partial charge on any atom is -0.389 e. The van der Waals surface area contributed by atoms with Crippen molar-refractivity contribution in [2.24, 2.45) is 0 Å². The standard InChI is InChI=1S/C23H27FN4O3/c1-12-14(5-6-18-20(12)13(2)15(9-25-18)23(3,4)30)21-16(24)10-26-22(28-21)27-17-7-8-31-11-19(17)29/h5-6,9-10,17,19,29-30H,7-8,11H2,1-4H3,(H,26,27,28)/t17-,19-/m1/s1. The smallest absolute Gasteiger partial charge is 0.223 e. The second kappa shape index (κ2) is 8.11. The zero-order valence-corrected chi connectivity index (χ0v) is 18.1. The Bertz CT molecular complexity index is 1130. The highest BCUT2D eigenvalue weighted by Crippen LogP contribution is 2.35. The van der Waals surface area contributed by atoms with Crippen LogP contribution in [0.3, 0.4) is 0 Å². The third-order valence-corrected chi connectivity index (χ3v) is 5.85. The summed E-state index contributed by atoms with van der Waals surface area (Å²) in [6.07, 6.45) is 2.75. The van der Waals surface area contributed by atoms with E-state index in [-0.39, 0.29) is 24.3 Å². The Labute approximate surface area is 180 Å². The molecule has 0 aliphatic carbocycles. The molecule has 0 radical (unpaired) electrons. The molecule has 8 heteroatoms. The fraction of sp³-hybridized carbons (Fsp3) is 0.435. The van der Waals surface area contributed by atoms with Crippen molar-refractivity contribution >= 4 is 16.9 Å². The summed E-state index contributed by atoms with van der Waals surface area (Å²) in [7, 11) is 0. The van der Waals surface area contributed by atoms with Crippen LogP contribution in [0.5, 0.6) is 0 Å². The van der Waals surface area contributed by atoms with E-state index in [1.54, 1.807) is 26.1 Å². The summed E-state index contributed by atoms with van der Waals surface area (Å²) < 4.78 is 20.0. The fourth-order valence-corrected chi connectivity index (χ4v) is 4.20. The van der Waals surface area contributed by atoms with Crippen molar-refractivity contribution < 1.29 is 19.3 Å². The number of fused-ring (bicyclic) bond motifs is 1. The predicted molar refractivity (Wildman–Crippen MR) is 116 cm³/mol. The molecule has 7 nitrogen and oxygen atoms in total. The molecule has 0 unspecified atom stereocenters. The van der Waals surface area contributed by atoms with Crippen molar-refractivity contribution in [1.29, 1.82) is 0 Å². The van der Waals surface area contributed by atoms with Crippen LogP contribution < -0.4 is 5.32 Å². The van der Waals surface area contributed by atoms with E-state index in [0.29, 0.717) is 18.6 Å². The van der Waals surface area contributed by atoms with Crippen LogP contribution in [0.25, 0.3) is 22.2 Å². The number of halogens is 1. The quantitative estimate of drug-likeness (QED) is 0.589. The van der Waals surface area contributed by atoms with Crippen LogP contribution in [-0.2, 0) is 10.3 Å². The molecular weight excluding hydrogens is 399 g/mol. The van der Waals surface area contributed by atoms with Crippen molar-refractivity contribution in [3.8, 4) is 11.3 Å². The van der Waals surface area contributed by atoms with Crippen LogP contribution in [-0.4, -0.2) is 50.5 Å². The highest BCUT2D eigenvalue weighted by molar-refractivity contribution is 5.91. The lowest BCUT2D eigenvalue weighted by Gasteiger charge is -2.28. The maximum absolute atomic E-state index is 14.8. The van der Waals surface area contributed by atoms with E-state index in [1.807, 2.05) is 19.9 Å². The minimum atomic E-state index is -1.05. The van der Waals surface area contributed by atoms with Gasteiger partial charge in [0.05, 0.1) is 36.1 Å². The van der Waals surface area contributed by atoms with E-state index in [4.69, 9.17) is 4.74 Å². The fourth-order valence-electron chi connectivity index (χ4n) is 4.20. The van der Waals surface area contributed by atoms with Crippen LogP contribution in [0.2, 0.25) is 0 Å². The van der Waals surface area contributed by atoms with Crippen LogP contribution in [0.1, 0.15) is 37.0 Å². The molecule has 1 aliphatic rings. The Morgan fingerprint density at radius 2 is 1.94 bits per heavy atom. The van der Waals surface area contributed by atoms with Gasteiger partial charge in [-0.05, 0) is 51.3 Å². The van der Waals surface area contributed by atoms with Crippen LogP contribution in [0, 0.1) is 19.7 Å². The summed E-state index contributed by atoms with van der Waals surface area (Å²) in [5.74, 6) is -0.285. The molecule has 0 bridgehead atoms. The maximum atomic E-state index is 14.8. The Balaban J connectivity index is 1.79. The van der Waals surface area contributed by atoms with Gasteiger partial charge in [0.25, 0.3) is 0 Å². The number of rotatable bonds is 4. The molecule has 1 aliphatic heterocycles. The van der Waals surface area contributed by atoms with Gasteiger partial charge in [-0.25, -0.2) is 14.4 Å². The van der Waals surface area contributed by atoms with E-state index >= 15 is 0 Å². The molecular formula is C23H27FN4O3. The van der Waals surface area contributed by atoms with E-state index < -0.39 is 17.5 Å². The van der Waals surface area contributed by atoms with E-state index in [0.717, 1.165) is 33.8 Å².